The number of rotatable bonds is 17. The van der Waals surface area contributed by atoms with Gasteiger partial charge in [-0.15, -0.1) is 6.58 Å². The highest BCUT2D eigenvalue weighted by molar-refractivity contribution is 6.08. The minimum atomic E-state index is -0.868. The summed E-state index contributed by atoms with van der Waals surface area (Å²) in [6, 6.07) is 14.8. The van der Waals surface area contributed by atoms with Crippen molar-refractivity contribution in [2.45, 2.75) is 129 Å². The number of dihydropyridines is 1. The standard InChI is InChI=1S/C64H72FN5O6/c1-8-9-50-39(3)26-43(27-40(50)4)28-49-35-67-57-17-23-70(37-56(57)53(49)29-42-11-13-46(58(71)30-42)32-47-12-10-38(2)55(59(47)65)36-66-22-21-63(6,7)74)60(72)54-33-48-31-45(44-18-24-75-25-19-44)14-15-51(48)52(54)16-20-64(34-41(64)5)61-68-62(73)76-69-61/h8,10-15,26-28,30-31,33,36,41,44,46,52,74H,1,9,16-25,29,32,34-35,37H2,2-7H3,(H,68,69,73)/b49-28-,66-36-/t41?,46?,52?,64-/m1/s1. The second-order valence-electron chi connectivity index (χ2n) is 23.0. The van der Waals surface area contributed by atoms with Gasteiger partial charge in [0.1, 0.15) is 5.82 Å². The van der Waals surface area contributed by atoms with Gasteiger partial charge in [-0.1, -0.05) is 72.8 Å². The van der Waals surface area contributed by atoms with Gasteiger partial charge in [-0.25, -0.2) is 9.18 Å². The van der Waals surface area contributed by atoms with E-state index in [-0.39, 0.29) is 35.3 Å². The molecule has 4 aromatic rings. The van der Waals surface area contributed by atoms with Crippen molar-refractivity contribution in [1.82, 2.24) is 15.0 Å². The number of ether oxygens (including phenoxy) is 1. The Labute approximate surface area is 446 Å². The Bertz CT molecular complexity index is 3230. The van der Waals surface area contributed by atoms with E-state index in [9.17, 15) is 14.7 Å². The van der Waals surface area contributed by atoms with Gasteiger partial charge in [-0.2, -0.15) is 0 Å². The highest BCUT2D eigenvalue weighted by atomic mass is 19.1. The Hall–Kier alpha value is -6.63. The van der Waals surface area contributed by atoms with Crippen molar-refractivity contribution in [1.29, 1.82) is 0 Å². The zero-order valence-corrected chi connectivity index (χ0v) is 45.1. The van der Waals surface area contributed by atoms with Crippen LogP contribution in [0.4, 0.5) is 4.39 Å². The highest BCUT2D eigenvalue weighted by Crippen LogP contribution is 2.57. The Morgan fingerprint density at radius 3 is 2.54 bits per heavy atom. The summed E-state index contributed by atoms with van der Waals surface area (Å²) in [6.45, 7) is 19.0. The molecule has 3 aliphatic carbocycles. The molecule has 3 aliphatic heterocycles. The van der Waals surface area contributed by atoms with Crippen LogP contribution in [-0.4, -0.2) is 88.8 Å². The minimum Gasteiger partial charge on any atom is -0.390 e. The summed E-state index contributed by atoms with van der Waals surface area (Å²) < 4.78 is 26.8. The average molecular weight is 1030 g/mol. The molecule has 12 heteroatoms. The maximum atomic E-state index is 16.1. The minimum absolute atomic E-state index is 0.00860. The zero-order chi connectivity index (χ0) is 53.5. The van der Waals surface area contributed by atoms with E-state index in [2.05, 4.69) is 85.0 Å². The number of amides is 1. The van der Waals surface area contributed by atoms with Crippen LogP contribution in [0.25, 0.3) is 12.2 Å². The number of aliphatic hydroxyl groups is 1. The molecule has 4 heterocycles. The normalized spacial score (nSPS) is 23.2. The number of H-pyrrole nitrogens is 1. The van der Waals surface area contributed by atoms with E-state index in [1.807, 2.05) is 36.1 Å². The number of allylic oxidation sites excluding steroid dienone is 5. The van der Waals surface area contributed by atoms with Crippen LogP contribution in [0.15, 0.2) is 121 Å². The average Bonchev–Trinajstić information content (AvgIpc) is 3.64. The van der Waals surface area contributed by atoms with Crippen LogP contribution < -0.4 is 5.76 Å². The summed E-state index contributed by atoms with van der Waals surface area (Å²) in [5, 5.41) is 14.3. The van der Waals surface area contributed by atoms with Gasteiger partial charge in [-0.05, 0) is 195 Å². The molecule has 1 amide bonds. The van der Waals surface area contributed by atoms with E-state index < -0.39 is 17.3 Å². The number of hydrogen-bond donors (Lipinski definition) is 2. The summed E-state index contributed by atoms with van der Waals surface area (Å²) in [7, 11) is 0. The lowest BCUT2D eigenvalue weighted by molar-refractivity contribution is -0.127. The first-order chi connectivity index (χ1) is 36.5. The summed E-state index contributed by atoms with van der Waals surface area (Å²) in [5.41, 5.74) is 14.4. The van der Waals surface area contributed by atoms with Gasteiger partial charge >= 0.3 is 5.76 Å². The van der Waals surface area contributed by atoms with Gasteiger partial charge in [0.25, 0.3) is 5.91 Å². The largest absolute Gasteiger partial charge is 0.438 e. The smallest absolute Gasteiger partial charge is 0.390 e. The number of halogens is 1. The molecule has 3 unspecified atom stereocenters. The first kappa shape index (κ1) is 52.8. The second-order valence-corrected chi connectivity index (χ2v) is 23.0. The summed E-state index contributed by atoms with van der Waals surface area (Å²) in [6.07, 6.45) is 20.3. The molecule has 6 aliphatic rings. The van der Waals surface area contributed by atoms with Gasteiger partial charge < -0.3 is 14.7 Å². The van der Waals surface area contributed by atoms with Crippen LogP contribution in [0.2, 0.25) is 0 Å². The number of nitrogens with one attached hydrogen (secondary N) is 1. The summed E-state index contributed by atoms with van der Waals surface area (Å²) in [5.74, 6) is -0.392. The maximum Gasteiger partial charge on any atom is 0.438 e. The molecule has 76 heavy (non-hydrogen) atoms. The molecular weight excluding hydrogens is 954 g/mol. The Morgan fingerprint density at radius 2 is 1.84 bits per heavy atom. The molecule has 4 atom stereocenters. The van der Waals surface area contributed by atoms with Crippen LogP contribution in [0.3, 0.4) is 0 Å². The van der Waals surface area contributed by atoms with Crippen molar-refractivity contribution in [2.24, 2.45) is 21.8 Å². The maximum absolute atomic E-state index is 16.1. The lowest BCUT2D eigenvalue weighted by Gasteiger charge is -2.35. The van der Waals surface area contributed by atoms with Crippen LogP contribution in [0.1, 0.15) is 145 Å². The zero-order valence-electron chi connectivity index (χ0n) is 45.1. The van der Waals surface area contributed by atoms with Crippen molar-refractivity contribution < 1.29 is 28.3 Å². The predicted molar refractivity (Wildman–Crippen MR) is 299 cm³/mol. The molecule has 2 N–H and O–H groups in total. The number of nitrogens with zero attached hydrogens (tertiary/aromatic N) is 4. The lowest BCUT2D eigenvalue weighted by atomic mass is 9.81. The van der Waals surface area contributed by atoms with Crippen LogP contribution in [0, 0.1) is 38.4 Å². The third-order valence-electron chi connectivity index (χ3n) is 17.2. The molecule has 396 valence electrons. The number of carbonyl (C=O) groups excluding carboxylic acids is 2. The van der Waals surface area contributed by atoms with Crippen molar-refractivity contribution in [2.75, 3.05) is 39.4 Å². The number of likely N-dealkylation sites (tertiary alicyclic amines) is 1. The van der Waals surface area contributed by atoms with Gasteiger partial charge in [0.2, 0.25) is 0 Å². The van der Waals surface area contributed by atoms with Gasteiger partial charge in [0, 0.05) is 79.6 Å². The number of aromatic amines is 1. The van der Waals surface area contributed by atoms with E-state index in [0.717, 1.165) is 101 Å². The fraction of sp³-hybridized carbons (Fsp3) is 0.438. The van der Waals surface area contributed by atoms with Crippen molar-refractivity contribution in [3.05, 3.63) is 179 Å². The molecule has 3 aromatic carbocycles. The number of benzene rings is 3. The van der Waals surface area contributed by atoms with E-state index in [4.69, 9.17) is 14.3 Å². The number of aromatic nitrogens is 2. The van der Waals surface area contributed by atoms with E-state index in [0.29, 0.717) is 80.6 Å². The fourth-order valence-corrected chi connectivity index (χ4v) is 12.5. The molecule has 1 saturated carbocycles. The molecule has 10 rings (SSSR count). The van der Waals surface area contributed by atoms with Crippen molar-refractivity contribution >= 4 is 35.8 Å². The first-order valence-electron chi connectivity index (χ1n) is 27.4. The Morgan fingerprint density at radius 1 is 1.07 bits per heavy atom. The summed E-state index contributed by atoms with van der Waals surface area (Å²) >= 11 is 0. The summed E-state index contributed by atoms with van der Waals surface area (Å²) in [4.78, 5) is 56.1. The van der Waals surface area contributed by atoms with Gasteiger partial charge in [0.05, 0.1) is 12.1 Å². The molecule has 0 spiro atoms. The van der Waals surface area contributed by atoms with Crippen molar-refractivity contribution in [3.8, 4) is 0 Å². The number of piperidine rings is 1. The van der Waals surface area contributed by atoms with Crippen LogP contribution in [-0.2, 0) is 32.6 Å². The third-order valence-corrected chi connectivity index (χ3v) is 17.2. The van der Waals surface area contributed by atoms with Gasteiger partial charge in [0.15, 0.2) is 11.6 Å². The highest BCUT2D eigenvalue weighted by Gasteiger charge is 2.55. The number of aliphatic imine (C=N–C) groups is 2. The van der Waals surface area contributed by atoms with Crippen LogP contribution in [0.5, 0.6) is 0 Å². The SMILES string of the molecule is C=CCc1c(C)cc(/C=C2/CN=C3CCN(C(=O)C4=Cc5cc(C6CCOCC6)ccc5C4CC[C@@]4(c5noc(=O)[nH]5)CC4C)CC3=C2CC2=CC(=O)C(Cc3ccc(C)c(/C=N\CCC(C)(C)O)c3F)C=C2)cc1C. The molecule has 1 aromatic heterocycles. The lowest BCUT2D eigenvalue weighted by Crippen LogP contribution is -2.42. The van der Waals surface area contributed by atoms with E-state index >= 15 is 9.18 Å². The molecule has 3 fully saturated rings. The van der Waals surface area contributed by atoms with E-state index in [1.54, 1.807) is 32.2 Å². The fourth-order valence-electron chi connectivity index (χ4n) is 12.5. The number of fused-ring (bicyclic) bond motifs is 2. The monoisotopic (exact) mass is 1030 g/mol. The van der Waals surface area contributed by atoms with Crippen molar-refractivity contribution in [3.63, 3.8) is 0 Å². The molecule has 0 bridgehead atoms. The number of aryl methyl sites for hydroxylation is 3. The number of carbonyl (C=O) groups is 2. The molecule has 0 radical (unpaired) electrons. The third kappa shape index (κ3) is 11.1. The second kappa shape index (κ2) is 21.8. The molecule has 11 nitrogen and oxygen atoms in total. The molecular formula is C64H72FN5O6. The van der Waals surface area contributed by atoms with E-state index in [1.165, 1.54) is 22.3 Å². The molecule has 2 saturated heterocycles. The van der Waals surface area contributed by atoms with Gasteiger partial charge in [-0.3, -0.25) is 29.1 Å². The predicted octanol–water partition coefficient (Wildman–Crippen LogP) is 11.2. The first-order valence-corrected chi connectivity index (χ1v) is 27.4. The number of ketones is 1. The Kier molecular flexibility index (Phi) is 15.1. The van der Waals surface area contributed by atoms with Crippen LogP contribution >= 0.6 is 0 Å². The number of hydrogen-bond acceptors (Lipinski definition) is 9. The quantitative estimate of drug-likeness (QED) is 0.0789. The topological polar surface area (TPSA) is 150 Å². The Balaban J connectivity index is 0.952.